The molecule has 0 bridgehead atoms. The Bertz CT molecular complexity index is 569. The second-order valence-corrected chi connectivity index (χ2v) is 3.52. The number of hydrogen-bond donors (Lipinski definition) is 2. The van der Waals surface area contributed by atoms with Gasteiger partial charge in [-0.15, -0.1) is 0 Å². The fraction of sp³-hybridized carbons (Fsp3) is 0.300. The van der Waals surface area contributed by atoms with Crippen LogP contribution in [0.5, 0.6) is 0 Å². The minimum Gasteiger partial charge on any atom is -0.383 e. The van der Waals surface area contributed by atoms with Gasteiger partial charge in [-0.05, 0) is 6.42 Å². The van der Waals surface area contributed by atoms with Crippen molar-refractivity contribution in [2.24, 2.45) is 7.05 Å². The SMILES string of the molecule is CCc1c(N)nc(-c2cncn2C)[nH]c1=O. The quantitative estimate of drug-likeness (QED) is 0.760. The molecule has 0 aliphatic rings. The zero-order chi connectivity index (χ0) is 11.7. The molecule has 84 valence electrons. The van der Waals surface area contributed by atoms with Gasteiger partial charge in [0.15, 0.2) is 5.82 Å². The van der Waals surface area contributed by atoms with Gasteiger partial charge in [-0.25, -0.2) is 9.97 Å². The zero-order valence-corrected chi connectivity index (χ0v) is 9.19. The van der Waals surface area contributed by atoms with Gasteiger partial charge < -0.3 is 15.3 Å². The van der Waals surface area contributed by atoms with Crippen molar-refractivity contribution in [3.8, 4) is 11.5 Å². The monoisotopic (exact) mass is 219 g/mol. The third-order valence-corrected chi connectivity index (χ3v) is 2.46. The molecule has 6 nitrogen and oxygen atoms in total. The molecule has 16 heavy (non-hydrogen) atoms. The maximum atomic E-state index is 11.7. The highest BCUT2D eigenvalue weighted by Crippen LogP contribution is 2.14. The number of aromatic amines is 1. The molecule has 6 heteroatoms. The highest BCUT2D eigenvalue weighted by Gasteiger charge is 2.10. The number of aryl methyl sites for hydroxylation is 1. The van der Waals surface area contributed by atoms with Crippen LogP contribution in [-0.4, -0.2) is 19.5 Å². The normalized spacial score (nSPS) is 10.6. The number of nitrogens with zero attached hydrogens (tertiary/aromatic N) is 3. The number of nitrogens with two attached hydrogens (primary N) is 1. The molecule has 0 saturated heterocycles. The first-order valence-corrected chi connectivity index (χ1v) is 4.98. The van der Waals surface area contributed by atoms with E-state index in [9.17, 15) is 4.79 Å². The minimum atomic E-state index is -0.189. The van der Waals surface area contributed by atoms with Crippen molar-refractivity contribution in [2.75, 3.05) is 5.73 Å². The molecule has 0 aliphatic heterocycles. The third-order valence-electron chi connectivity index (χ3n) is 2.46. The van der Waals surface area contributed by atoms with Gasteiger partial charge in [0.1, 0.15) is 11.5 Å². The zero-order valence-electron chi connectivity index (χ0n) is 9.19. The largest absolute Gasteiger partial charge is 0.383 e. The van der Waals surface area contributed by atoms with Crippen LogP contribution in [0.15, 0.2) is 17.3 Å². The van der Waals surface area contributed by atoms with Gasteiger partial charge in [-0.2, -0.15) is 0 Å². The van der Waals surface area contributed by atoms with E-state index >= 15 is 0 Å². The van der Waals surface area contributed by atoms with Crippen LogP contribution >= 0.6 is 0 Å². The van der Waals surface area contributed by atoms with Gasteiger partial charge in [0.2, 0.25) is 0 Å². The molecule has 0 unspecified atom stereocenters. The van der Waals surface area contributed by atoms with Crippen molar-refractivity contribution >= 4 is 5.82 Å². The predicted molar refractivity (Wildman–Crippen MR) is 60.9 cm³/mol. The van der Waals surface area contributed by atoms with E-state index in [0.29, 0.717) is 17.8 Å². The Morgan fingerprint density at radius 3 is 2.81 bits per heavy atom. The minimum absolute atomic E-state index is 0.189. The van der Waals surface area contributed by atoms with Gasteiger partial charge in [0.25, 0.3) is 5.56 Å². The number of rotatable bonds is 2. The molecule has 0 radical (unpaired) electrons. The van der Waals surface area contributed by atoms with Crippen LogP contribution < -0.4 is 11.3 Å². The summed E-state index contributed by atoms with van der Waals surface area (Å²) in [4.78, 5) is 22.5. The van der Waals surface area contributed by atoms with Crippen LogP contribution in [0.2, 0.25) is 0 Å². The molecule has 2 heterocycles. The smallest absolute Gasteiger partial charge is 0.256 e. The van der Waals surface area contributed by atoms with Crippen molar-refractivity contribution in [1.29, 1.82) is 0 Å². The highest BCUT2D eigenvalue weighted by atomic mass is 16.1. The Morgan fingerprint density at radius 1 is 1.56 bits per heavy atom. The summed E-state index contributed by atoms with van der Waals surface area (Å²) in [6, 6.07) is 0. The first-order valence-electron chi connectivity index (χ1n) is 4.98. The second-order valence-electron chi connectivity index (χ2n) is 3.52. The number of anilines is 1. The lowest BCUT2D eigenvalue weighted by Crippen LogP contribution is -2.18. The van der Waals surface area contributed by atoms with Crippen LogP contribution in [-0.2, 0) is 13.5 Å². The van der Waals surface area contributed by atoms with Gasteiger partial charge in [-0.3, -0.25) is 4.79 Å². The van der Waals surface area contributed by atoms with E-state index in [1.165, 1.54) is 0 Å². The first-order chi connectivity index (χ1) is 7.63. The van der Waals surface area contributed by atoms with Crippen LogP contribution in [0.25, 0.3) is 11.5 Å². The maximum Gasteiger partial charge on any atom is 0.256 e. The first kappa shape index (κ1) is 10.4. The molecule has 2 rings (SSSR count). The van der Waals surface area contributed by atoms with Crippen molar-refractivity contribution in [1.82, 2.24) is 19.5 Å². The van der Waals surface area contributed by atoms with Crippen molar-refractivity contribution in [3.63, 3.8) is 0 Å². The summed E-state index contributed by atoms with van der Waals surface area (Å²) in [5.41, 5.74) is 6.79. The average Bonchev–Trinajstić information content (AvgIpc) is 2.64. The lowest BCUT2D eigenvalue weighted by molar-refractivity contribution is 0.902. The molecular formula is C10H13N5O. The Morgan fingerprint density at radius 2 is 2.31 bits per heavy atom. The lowest BCUT2D eigenvalue weighted by Gasteiger charge is -2.05. The number of hydrogen-bond acceptors (Lipinski definition) is 4. The molecule has 2 aromatic heterocycles. The van der Waals surface area contributed by atoms with E-state index in [1.54, 1.807) is 17.1 Å². The van der Waals surface area contributed by atoms with E-state index in [4.69, 9.17) is 5.73 Å². The summed E-state index contributed by atoms with van der Waals surface area (Å²) in [7, 11) is 1.83. The third kappa shape index (κ3) is 1.58. The van der Waals surface area contributed by atoms with Crippen LogP contribution in [0.1, 0.15) is 12.5 Å². The predicted octanol–water partition coefficient (Wildman–Crippen LogP) is 0.315. The molecule has 0 spiro atoms. The Kier molecular flexibility index (Phi) is 2.47. The van der Waals surface area contributed by atoms with Crippen molar-refractivity contribution < 1.29 is 0 Å². The number of H-pyrrole nitrogens is 1. The number of aromatic nitrogens is 4. The molecule has 0 saturated carbocycles. The van der Waals surface area contributed by atoms with Crippen LogP contribution in [0.3, 0.4) is 0 Å². The average molecular weight is 219 g/mol. The number of nitrogen functional groups attached to an aromatic ring is 1. The van der Waals surface area contributed by atoms with E-state index in [2.05, 4.69) is 15.0 Å². The molecule has 0 atom stereocenters. The highest BCUT2D eigenvalue weighted by molar-refractivity contribution is 5.52. The molecule has 3 N–H and O–H groups in total. The standard InChI is InChI=1S/C10H13N5O/c1-3-6-8(11)13-9(14-10(6)16)7-4-12-5-15(7)2/h4-5H,3H2,1-2H3,(H3,11,13,14,16). The Balaban J connectivity index is 2.61. The van der Waals surface area contributed by atoms with E-state index in [0.717, 1.165) is 5.69 Å². The van der Waals surface area contributed by atoms with E-state index < -0.39 is 0 Å². The molecule has 0 aromatic carbocycles. The molecule has 0 fully saturated rings. The summed E-state index contributed by atoms with van der Waals surface area (Å²) in [5, 5.41) is 0. The topological polar surface area (TPSA) is 89.6 Å². The summed E-state index contributed by atoms with van der Waals surface area (Å²) in [5.74, 6) is 0.724. The molecule has 0 amide bonds. The van der Waals surface area contributed by atoms with Crippen LogP contribution in [0, 0.1) is 0 Å². The molecule has 0 aliphatic carbocycles. The number of nitrogens with one attached hydrogen (secondary N) is 1. The summed E-state index contributed by atoms with van der Waals surface area (Å²) in [6.07, 6.45) is 3.84. The van der Waals surface area contributed by atoms with Gasteiger partial charge in [-0.1, -0.05) is 6.92 Å². The van der Waals surface area contributed by atoms with Crippen molar-refractivity contribution in [3.05, 3.63) is 28.4 Å². The molecular weight excluding hydrogens is 206 g/mol. The Labute approximate surface area is 92.2 Å². The fourth-order valence-electron chi connectivity index (χ4n) is 1.56. The summed E-state index contributed by atoms with van der Waals surface area (Å²) < 4.78 is 1.77. The summed E-state index contributed by atoms with van der Waals surface area (Å²) >= 11 is 0. The fourth-order valence-corrected chi connectivity index (χ4v) is 1.56. The molecule has 2 aromatic rings. The van der Waals surface area contributed by atoms with E-state index in [-0.39, 0.29) is 11.4 Å². The maximum absolute atomic E-state index is 11.7. The van der Waals surface area contributed by atoms with Gasteiger partial charge in [0, 0.05) is 7.05 Å². The number of imidazole rings is 1. The van der Waals surface area contributed by atoms with Gasteiger partial charge >= 0.3 is 0 Å². The summed E-state index contributed by atoms with van der Waals surface area (Å²) in [6.45, 7) is 1.87. The van der Waals surface area contributed by atoms with Gasteiger partial charge in [0.05, 0.1) is 18.1 Å². The van der Waals surface area contributed by atoms with Crippen molar-refractivity contribution in [2.45, 2.75) is 13.3 Å². The Hall–Kier alpha value is -2.11. The second kappa shape index (κ2) is 3.80. The van der Waals surface area contributed by atoms with Crippen LogP contribution in [0.4, 0.5) is 5.82 Å². The van der Waals surface area contributed by atoms with E-state index in [1.807, 2.05) is 14.0 Å². The lowest BCUT2D eigenvalue weighted by atomic mass is 10.2.